The van der Waals surface area contributed by atoms with E-state index in [0.717, 1.165) is 25.2 Å². The van der Waals surface area contributed by atoms with Crippen LogP contribution in [-0.4, -0.2) is 20.8 Å². The molecule has 1 atom stereocenters. The van der Waals surface area contributed by atoms with Crippen LogP contribution < -0.4 is 0 Å². The quantitative estimate of drug-likeness (QED) is 0.734. The molecule has 1 N–H and O–H groups in total. The summed E-state index contributed by atoms with van der Waals surface area (Å²) >= 11 is 0. The van der Waals surface area contributed by atoms with Crippen molar-refractivity contribution in [2.75, 3.05) is 0 Å². The number of aryl methyl sites for hydroxylation is 2. The largest absolute Gasteiger partial charge is 0.393 e. The minimum atomic E-state index is -0.230. The Morgan fingerprint density at radius 3 is 3.00 bits per heavy atom. The third-order valence-corrected chi connectivity index (χ3v) is 1.93. The van der Waals surface area contributed by atoms with Crippen LogP contribution in [0.4, 0.5) is 0 Å². The molecule has 0 fully saturated rings. The van der Waals surface area contributed by atoms with Gasteiger partial charge in [-0.3, -0.25) is 0 Å². The van der Waals surface area contributed by atoms with Crippen LogP contribution in [0.2, 0.25) is 0 Å². The monoisotopic (exact) mass is 168 g/mol. The summed E-state index contributed by atoms with van der Waals surface area (Å²) in [5.41, 5.74) is 0. The fourth-order valence-electron chi connectivity index (χ4n) is 1.19. The lowest BCUT2D eigenvalue weighted by molar-refractivity contribution is 0.183. The maximum Gasteiger partial charge on any atom is 0.108 e. The summed E-state index contributed by atoms with van der Waals surface area (Å²) in [4.78, 5) is 4.21. The summed E-state index contributed by atoms with van der Waals surface area (Å²) in [5, 5.41) is 9.08. The summed E-state index contributed by atoms with van der Waals surface area (Å²) in [6, 6.07) is 0. The zero-order valence-electron chi connectivity index (χ0n) is 7.70. The molecule has 0 saturated heterocycles. The highest BCUT2D eigenvalue weighted by Gasteiger charge is 2.02. The second-order valence-corrected chi connectivity index (χ2v) is 3.02. The van der Waals surface area contributed by atoms with Crippen LogP contribution >= 0.6 is 0 Å². The van der Waals surface area contributed by atoms with Gasteiger partial charge in [0.2, 0.25) is 0 Å². The first-order valence-electron chi connectivity index (χ1n) is 4.42. The topological polar surface area (TPSA) is 38.0 Å². The standard InChI is InChI=1S/C9H16N2O/c1-3-11-7-6-10-9(11)5-4-8(2)12/h6-8,12H,3-5H2,1-2H3. The van der Waals surface area contributed by atoms with Crippen molar-refractivity contribution >= 4 is 0 Å². The van der Waals surface area contributed by atoms with E-state index in [9.17, 15) is 0 Å². The average Bonchev–Trinajstić information content (AvgIpc) is 2.47. The van der Waals surface area contributed by atoms with Crippen LogP contribution in [0.1, 0.15) is 26.1 Å². The number of imidazole rings is 1. The van der Waals surface area contributed by atoms with E-state index in [1.54, 1.807) is 13.1 Å². The number of hydrogen-bond acceptors (Lipinski definition) is 2. The minimum Gasteiger partial charge on any atom is -0.393 e. The molecule has 0 amide bonds. The summed E-state index contributed by atoms with van der Waals surface area (Å²) in [7, 11) is 0. The summed E-state index contributed by atoms with van der Waals surface area (Å²) in [5.74, 6) is 1.07. The van der Waals surface area contributed by atoms with Gasteiger partial charge in [-0.2, -0.15) is 0 Å². The molecule has 0 radical (unpaired) electrons. The first-order chi connectivity index (χ1) is 5.74. The van der Waals surface area contributed by atoms with Gasteiger partial charge in [0.05, 0.1) is 6.10 Å². The number of aromatic nitrogens is 2. The predicted octanol–water partition coefficient (Wildman–Crippen LogP) is 1.22. The molecule has 1 heterocycles. The fourth-order valence-corrected chi connectivity index (χ4v) is 1.19. The molecule has 3 heteroatoms. The SMILES string of the molecule is CCn1ccnc1CCC(C)O. The van der Waals surface area contributed by atoms with Crippen LogP contribution in [0.3, 0.4) is 0 Å². The normalized spacial score (nSPS) is 13.2. The van der Waals surface area contributed by atoms with Crippen LogP contribution in [-0.2, 0) is 13.0 Å². The maximum atomic E-state index is 9.08. The highest BCUT2D eigenvalue weighted by atomic mass is 16.3. The van der Waals surface area contributed by atoms with Crippen molar-refractivity contribution in [3.05, 3.63) is 18.2 Å². The lowest BCUT2D eigenvalue weighted by Crippen LogP contribution is -2.06. The third kappa shape index (κ3) is 2.34. The van der Waals surface area contributed by atoms with Gasteiger partial charge in [-0.1, -0.05) is 0 Å². The van der Waals surface area contributed by atoms with Gasteiger partial charge in [-0.15, -0.1) is 0 Å². The molecule has 0 spiro atoms. The zero-order valence-corrected chi connectivity index (χ0v) is 7.70. The van der Waals surface area contributed by atoms with Crippen LogP contribution in [0.25, 0.3) is 0 Å². The number of aliphatic hydroxyl groups is 1. The Kier molecular flexibility index (Phi) is 3.29. The predicted molar refractivity (Wildman–Crippen MR) is 47.9 cm³/mol. The van der Waals surface area contributed by atoms with Crippen molar-refractivity contribution in [3.8, 4) is 0 Å². The van der Waals surface area contributed by atoms with Crippen molar-refractivity contribution < 1.29 is 5.11 Å². The van der Waals surface area contributed by atoms with Crippen LogP contribution in [0.5, 0.6) is 0 Å². The molecule has 1 rings (SSSR count). The second-order valence-electron chi connectivity index (χ2n) is 3.02. The fraction of sp³-hybridized carbons (Fsp3) is 0.667. The van der Waals surface area contributed by atoms with E-state index in [4.69, 9.17) is 5.11 Å². The van der Waals surface area contributed by atoms with Gasteiger partial charge in [0.25, 0.3) is 0 Å². The first-order valence-corrected chi connectivity index (χ1v) is 4.42. The van der Waals surface area contributed by atoms with Gasteiger partial charge in [0, 0.05) is 25.4 Å². The van der Waals surface area contributed by atoms with Gasteiger partial charge in [-0.05, 0) is 20.3 Å². The number of aliphatic hydroxyl groups excluding tert-OH is 1. The highest BCUT2D eigenvalue weighted by Crippen LogP contribution is 2.03. The van der Waals surface area contributed by atoms with Gasteiger partial charge < -0.3 is 9.67 Å². The van der Waals surface area contributed by atoms with E-state index in [2.05, 4.69) is 16.5 Å². The van der Waals surface area contributed by atoms with Gasteiger partial charge in [0.1, 0.15) is 5.82 Å². The molecule has 0 aliphatic carbocycles. The van der Waals surface area contributed by atoms with E-state index in [1.807, 2.05) is 6.20 Å². The molecule has 0 aliphatic heterocycles. The van der Waals surface area contributed by atoms with Gasteiger partial charge in [0.15, 0.2) is 0 Å². The summed E-state index contributed by atoms with van der Waals surface area (Å²) in [6.07, 6.45) is 5.19. The van der Waals surface area contributed by atoms with E-state index in [0.29, 0.717) is 0 Å². The van der Waals surface area contributed by atoms with E-state index < -0.39 is 0 Å². The van der Waals surface area contributed by atoms with E-state index >= 15 is 0 Å². The van der Waals surface area contributed by atoms with Crippen molar-refractivity contribution in [3.63, 3.8) is 0 Å². The van der Waals surface area contributed by atoms with Crippen molar-refractivity contribution in [2.45, 2.75) is 39.3 Å². The Morgan fingerprint density at radius 2 is 2.42 bits per heavy atom. The smallest absolute Gasteiger partial charge is 0.108 e. The lowest BCUT2D eigenvalue weighted by atomic mass is 10.2. The third-order valence-electron chi connectivity index (χ3n) is 1.93. The molecule has 1 unspecified atom stereocenters. The molecule has 1 aromatic rings. The Hall–Kier alpha value is -0.830. The molecule has 0 bridgehead atoms. The lowest BCUT2D eigenvalue weighted by Gasteiger charge is -2.05. The van der Waals surface area contributed by atoms with Gasteiger partial charge in [-0.25, -0.2) is 4.98 Å². The molecule has 0 saturated carbocycles. The van der Waals surface area contributed by atoms with Crippen molar-refractivity contribution in [1.29, 1.82) is 0 Å². The van der Waals surface area contributed by atoms with Crippen LogP contribution in [0.15, 0.2) is 12.4 Å². The highest BCUT2D eigenvalue weighted by molar-refractivity contribution is 4.92. The number of rotatable bonds is 4. The molecule has 12 heavy (non-hydrogen) atoms. The van der Waals surface area contributed by atoms with E-state index in [-0.39, 0.29) is 6.10 Å². The van der Waals surface area contributed by atoms with Crippen molar-refractivity contribution in [2.24, 2.45) is 0 Å². The Labute approximate surface area is 73.1 Å². The summed E-state index contributed by atoms with van der Waals surface area (Å²) < 4.78 is 2.10. The molecule has 68 valence electrons. The maximum absolute atomic E-state index is 9.08. The van der Waals surface area contributed by atoms with Crippen molar-refractivity contribution in [1.82, 2.24) is 9.55 Å². The Balaban J connectivity index is 2.50. The first kappa shape index (κ1) is 9.26. The average molecular weight is 168 g/mol. The van der Waals surface area contributed by atoms with E-state index in [1.165, 1.54) is 0 Å². The molecule has 0 aliphatic rings. The Bertz CT molecular complexity index is 230. The number of nitrogens with zero attached hydrogens (tertiary/aromatic N) is 2. The minimum absolute atomic E-state index is 0.230. The van der Waals surface area contributed by atoms with Crippen LogP contribution in [0, 0.1) is 0 Å². The molecule has 0 aromatic carbocycles. The van der Waals surface area contributed by atoms with Gasteiger partial charge >= 0.3 is 0 Å². The Morgan fingerprint density at radius 1 is 1.67 bits per heavy atom. The summed E-state index contributed by atoms with van der Waals surface area (Å²) in [6.45, 7) is 4.85. The molecular formula is C9H16N2O. The second kappa shape index (κ2) is 4.26. The number of hydrogen-bond donors (Lipinski definition) is 1. The molecule has 1 aromatic heterocycles. The zero-order chi connectivity index (χ0) is 8.97. The molecule has 3 nitrogen and oxygen atoms in total. The molecular weight excluding hydrogens is 152 g/mol.